The van der Waals surface area contributed by atoms with E-state index in [4.69, 9.17) is 32.9 Å². The van der Waals surface area contributed by atoms with Crippen molar-refractivity contribution in [3.05, 3.63) is 94.2 Å². The van der Waals surface area contributed by atoms with Gasteiger partial charge in [-0.25, -0.2) is 4.98 Å². The lowest BCUT2D eigenvalue weighted by molar-refractivity contribution is 0.0953. The molecule has 0 unspecified atom stereocenters. The van der Waals surface area contributed by atoms with Crippen molar-refractivity contribution < 1.29 is 9.53 Å². The summed E-state index contributed by atoms with van der Waals surface area (Å²) in [7, 11) is 0. The van der Waals surface area contributed by atoms with Crippen molar-refractivity contribution in [2.45, 2.75) is 45.1 Å². The Morgan fingerprint density at radius 1 is 0.861 bits per heavy atom. The van der Waals surface area contributed by atoms with Crippen LogP contribution in [0.3, 0.4) is 0 Å². The van der Waals surface area contributed by atoms with E-state index in [1.54, 1.807) is 24.3 Å². The average molecular weight is 524 g/mol. The van der Waals surface area contributed by atoms with E-state index in [0.29, 0.717) is 28.8 Å². The lowest BCUT2D eigenvalue weighted by Gasteiger charge is -2.11. The largest absolute Gasteiger partial charge is 0.492 e. The molecule has 5 nitrogen and oxygen atoms in total. The molecular formula is C29H31Cl2N3O2. The summed E-state index contributed by atoms with van der Waals surface area (Å²) in [6.07, 6.45) is 5.82. The van der Waals surface area contributed by atoms with Crippen molar-refractivity contribution in [2.24, 2.45) is 0 Å². The van der Waals surface area contributed by atoms with Crippen LogP contribution in [0, 0.1) is 0 Å². The number of nitrogens with one attached hydrogen (secondary N) is 1. The van der Waals surface area contributed by atoms with Crippen molar-refractivity contribution >= 4 is 40.1 Å². The van der Waals surface area contributed by atoms with Crippen molar-refractivity contribution in [1.29, 1.82) is 0 Å². The number of hydrogen-bond acceptors (Lipinski definition) is 3. The van der Waals surface area contributed by atoms with Crippen molar-refractivity contribution in [2.75, 3.05) is 13.2 Å². The quantitative estimate of drug-likeness (QED) is 0.186. The highest BCUT2D eigenvalue weighted by Gasteiger charge is 2.10. The third kappa shape index (κ3) is 7.25. The molecule has 0 saturated carbocycles. The van der Waals surface area contributed by atoms with Crippen LogP contribution in [0.4, 0.5) is 0 Å². The van der Waals surface area contributed by atoms with E-state index in [0.717, 1.165) is 62.2 Å². The number of nitrogens with zero attached hydrogens (tertiary/aromatic N) is 2. The summed E-state index contributed by atoms with van der Waals surface area (Å²) in [4.78, 5) is 17.1. The minimum Gasteiger partial charge on any atom is -0.492 e. The number of carbonyl (C=O) groups excluding carboxylic acids is 1. The first-order chi connectivity index (χ1) is 17.6. The fourth-order valence-corrected chi connectivity index (χ4v) is 4.49. The number of hydrogen-bond donors (Lipinski definition) is 1. The van der Waals surface area contributed by atoms with Gasteiger partial charge in [-0.05, 0) is 74.2 Å². The van der Waals surface area contributed by atoms with Gasteiger partial charge in [-0.2, -0.15) is 0 Å². The number of aromatic nitrogens is 2. The fourth-order valence-electron chi connectivity index (χ4n) is 4.17. The van der Waals surface area contributed by atoms with E-state index in [9.17, 15) is 4.79 Å². The molecule has 0 atom stereocenters. The molecule has 3 aromatic carbocycles. The molecule has 7 heteroatoms. The summed E-state index contributed by atoms with van der Waals surface area (Å²) >= 11 is 12.1. The van der Waals surface area contributed by atoms with Crippen LogP contribution in [0.25, 0.3) is 11.0 Å². The van der Waals surface area contributed by atoms with E-state index in [1.807, 2.05) is 30.3 Å². The molecule has 0 aliphatic carbocycles. The fraction of sp³-hybridized carbons (Fsp3) is 0.310. The molecule has 1 amide bonds. The van der Waals surface area contributed by atoms with E-state index in [2.05, 4.69) is 28.1 Å². The Bertz CT molecular complexity index is 1270. The molecule has 188 valence electrons. The van der Waals surface area contributed by atoms with E-state index < -0.39 is 0 Å². The van der Waals surface area contributed by atoms with Crippen LogP contribution in [0.1, 0.15) is 48.3 Å². The van der Waals surface area contributed by atoms with E-state index >= 15 is 0 Å². The number of fused-ring (bicyclic) bond motifs is 1. The predicted octanol–water partition coefficient (Wildman–Crippen LogP) is 7.35. The van der Waals surface area contributed by atoms with Gasteiger partial charge in [-0.1, -0.05) is 53.9 Å². The lowest BCUT2D eigenvalue weighted by atomic mass is 10.1. The average Bonchev–Trinajstić information content (AvgIpc) is 3.24. The van der Waals surface area contributed by atoms with Crippen LogP contribution in [0.2, 0.25) is 10.0 Å². The van der Waals surface area contributed by atoms with Crippen LogP contribution >= 0.6 is 23.2 Å². The SMILES string of the molecule is O=C(NCCCCCc1nc2ccccc2n1CCCCOc1ccccc1Cl)c1ccc(Cl)cc1. The summed E-state index contributed by atoms with van der Waals surface area (Å²) in [5, 5.41) is 4.25. The Balaban J connectivity index is 1.22. The Labute approximate surface area is 222 Å². The number of unbranched alkanes of at least 4 members (excludes halogenated alkanes) is 3. The first-order valence-electron chi connectivity index (χ1n) is 12.5. The molecule has 0 aliphatic rings. The van der Waals surface area contributed by atoms with Gasteiger partial charge in [0, 0.05) is 30.1 Å². The smallest absolute Gasteiger partial charge is 0.251 e. The predicted molar refractivity (Wildman–Crippen MR) is 147 cm³/mol. The van der Waals surface area contributed by atoms with Crippen LogP contribution in [0.15, 0.2) is 72.8 Å². The number of para-hydroxylation sites is 3. The monoisotopic (exact) mass is 523 g/mol. The first-order valence-corrected chi connectivity index (χ1v) is 13.2. The number of ether oxygens (including phenoxy) is 1. The zero-order valence-corrected chi connectivity index (χ0v) is 21.8. The molecule has 1 N–H and O–H groups in total. The van der Waals surface area contributed by atoms with Crippen molar-refractivity contribution in [3.63, 3.8) is 0 Å². The molecule has 0 spiro atoms. The molecule has 0 saturated heterocycles. The van der Waals surface area contributed by atoms with E-state index in [-0.39, 0.29) is 5.91 Å². The zero-order chi connectivity index (χ0) is 25.2. The molecule has 0 aliphatic heterocycles. The number of rotatable bonds is 13. The van der Waals surface area contributed by atoms with Gasteiger partial charge in [0.25, 0.3) is 5.91 Å². The van der Waals surface area contributed by atoms with Gasteiger partial charge in [0.15, 0.2) is 0 Å². The van der Waals surface area contributed by atoms with Gasteiger partial charge >= 0.3 is 0 Å². The number of aryl methyl sites for hydroxylation is 2. The molecule has 0 fully saturated rings. The van der Waals surface area contributed by atoms with Gasteiger partial charge in [0.2, 0.25) is 0 Å². The molecule has 4 aromatic rings. The van der Waals surface area contributed by atoms with Crippen LogP contribution in [-0.4, -0.2) is 28.6 Å². The zero-order valence-electron chi connectivity index (χ0n) is 20.3. The van der Waals surface area contributed by atoms with Crippen molar-refractivity contribution in [1.82, 2.24) is 14.9 Å². The van der Waals surface area contributed by atoms with Gasteiger partial charge in [0.1, 0.15) is 11.6 Å². The highest BCUT2D eigenvalue weighted by atomic mass is 35.5. The summed E-state index contributed by atoms with van der Waals surface area (Å²) in [6, 6.07) is 22.8. The summed E-state index contributed by atoms with van der Waals surface area (Å²) in [5.74, 6) is 1.79. The molecule has 0 radical (unpaired) electrons. The van der Waals surface area contributed by atoms with Gasteiger partial charge in [-0.15, -0.1) is 0 Å². The van der Waals surface area contributed by atoms with E-state index in [1.165, 1.54) is 5.52 Å². The number of carbonyl (C=O) groups is 1. The third-order valence-electron chi connectivity index (χ3n) is 6.07. The molecule has 1 aromatic heterocycles. The van der Waals surface area contributed by atoms with Gasteiger partial charge in [0.05, 0.1) is 22.7 Å². The Hall–Kier alpha value is -3.02. The lowest BCUT2D eigenvalue weighted by Crippen LogP contribution is -2.24. The normalized spacial score (nSPS) is 11.1. The number of imidazole rings is 1. The maximum atomic E-state index is 12.2. The van der Waals surface area contributed by atoms with Crippen molar-refractivity contribution in [3.8, 4) is 5.75 Å². The minimum absolute atomic E-state index is 0.0630. The van der Waals surface area contributed by atoms with Crippen LogP contribution in [-0.2, 0) is 13.0 Å². The Kier molecular flexibility index (Phi) is 9.65. The molecule has 36 heavy (non-hydrogen) atoms. The van der Waals surface area contributed by atoms with Gasteiger partial charge in [-0.3, -0.25) is 4.79 Å². The molecule has 4 rings (SSSR count). The maximum absolute atomic E-state index is 12.2. The summed E-state index contributed by atoms with van der Waals surface area (Å²) in [5.41, 5.74) is 2.84. The number of benzene rings is 3. The Morgan fingerprint density at radius 2 is 1.64 bits per heavy atom. The molecule has 0 bridgehead atoms. The molecule has 1 heterocycles. The van der Waals surface area contributed by atoms with Gasteiger partial charge < -0.3 is 14.6 Å². The third-order valence-corrected chi connectivity index (χ3v) is 6.64. The minimum atomic E-state index is -0.0630. The standard InChI is InChI=1S/C29H31Cl2N3O2/c30-23-17-15-22(16-18-23)29(35)32-19-7-1-2-14-28-33-25-11-4-5-12-26(25)34(28)20-8-9-21-36-27-13-6-3-10-24(27)31/h3-6,10-13,15-18H,1-2,7-9,14,19-21H2,(H,32,35). The highest BCUT2D eigenvalue weighted by Crippen LogP contribution is 2.23. The van der Waals surface area contributed by atoms with Crippen LogP contribution < -0.4 is 10.1 Å². The Morgan fingerprint density at radius 3 is 2.47 bits per heavy atom. The first kappa shape index (κ1) is 26.1. The second kappa shape index (κ2) is 13.3. The molecular weight excluding hydrogens is 493 g/mol. The number of amides is 1. The topological polar surface area (TPSA) is 56.2 Å². The number of halogens is 2. The van der Waals surface area contributed by atoms with Crippen LogP contribution in [0.5, 0.6) is 5.75 Å². The summed E-state index contributed by atoms with van der Waals surface area (Å²) < 4.78 is 8.17. The second-order valence-corrected chi connectivity index (χ2v) is 9.57. The summed E-state index contributed by atoms with van der Waals surface area (Å²) in [6.45, 7) is 2.19. The second-order valence-electron chi connectivity index (χ2n) is 8.73. The highest BCUT2D eigenvalue weighted by molar-refractivity contribution is 6.32. The maximum Gasteiger partial charge on any atom is 0.251 e.